The molecule has 0 radical (unpaired) electrons. The van der Waals surface area contributed by atoms with Crippen LogP contribution < -0.4 is 47.9 Å². The fraction of sp³-hybridized carbons (Fsp3) is 0.846. The van der Waals surface area contributed by atoms with Crippen molar-refractivity contribution in [2.24, 2.45) is 5.92 Å². The molecule has 0 amide bonds. The molecule has 0 rings (SSSR count). The molecule has 0 aliphatic carbocycles. The van der Waals surface area contributed by atoms with E-state index in [0.717, 1.165) is 19.3 Å². The van der Waals surface area contributed by atoms with Crippen molar-refractivity contribution in [3.05, 3.63) is 12.2 Å². The van der Waals surface area contributed by atoms with E-state index >= 15 is 0 Å². The average molecular weight is 437 g/mol. The average Bonchev–Trinajstić information content (AvgIpc) is 2.71. The Morgan fingerprint density at radius 2 is 0.969 bits per heavy atom. The number of hydrogen-bond acceptors (Lipinski definition) is 4. The molecule has 0 saturated heterocycles. The summed E-state index contributed by atoms with van der Waals surface area (Å²) in [5.41, 5.74) is 0. The van der Waals surface area contributed by atoms with Crippen molar-refractivity contribution in [1.29, 1.82) is 0 Å². The van der Waals surface area contributed by atoms with Crippen LogP contribution in [0.1, 0.15) is 135 Å². The standard InChI is InChI=1S/C26H48O4.2Li/c1-2-3-4-5-6-7-8-9-10-11-12-13-14-15-16-17-18-19-20-21-22-24(26(29)30)23-25(27)28;;/h21-22,24H,2-20,23H2,1H3,(H,27,28)(H,29,30);;/q;2*+1/p-2. The van der Waals surface area contributed by atoms with E-state index in [9.17, 15) is 19.8 Å². The molecule has 0 saturated carbocycles. The van der Waals surface area contributed by atoms with Crippen molar-refractivity contribution in [3.8, 4) is 0 Å². The Bertz CT molecular complexity index is 442. The quantitative estimate of drug-likeness (QED) is 0.123. The molecule has 1 unspecified atom stereocenters. The predicted molar refractivity (Wildman–Crippen MR) is 121 cm³/mol. The van der Waals surface area contributed by atoms with Gasteiger partial charge in [-0.2, -0.15) is 0 Å². The van der Waals surface area contributed by atoms with Gasteiger partial charge in [-0.3, -0.25) is 0 Å². The van der Waals surface area contributed by atoms with Crippen molar-refractivity contribution in [2.75, 3.05) is 0 Å². The molecule has 0 N–H and O–H groups in total. The number of rotatable bonds is 23. The molecule has 32 heavy (non-hydrogen) atoms. The van der Waals surface area contributed by atoms with Crippen LogP contribution in [0, 0.1) is 5.92 Å². The molecular formula is C26H46Li2O4. The number of carbonyl (C=O) groups is 2. The van der Waals surface area contributed by atoms with Crippen molar-refractivity contribution < 1.29 is 57.5 Å². The molecule has 0 aromatic rings. The van der Waals surface area contributed by atoms with Crippen LogP contribution in [0.15, 0.2) is 12.2 Å². The zero-order chi connectivity index (χ0) is 22.3. The summed E-state index contributed by atoms with van der Waals surface area (Å²) in [6, 6.07) is 0. The first-order valence-corrected chi connectivity index (χ1v) is 12.6. The van der Waals surface area contributed by atoms with Gasteiger partial charge >= 0.3 is 37.7 Å². The zero-order valence-corrected chi connectivity index (χ0v) is 21.5. The third-order valence-corrected chi connectivity index (χ3v) is 5.78. The fourth-order valence-electron chi connectivity index (χ4n) is 3.83. The van der Waals surface area contributed by atoms with E-state index in [2.05, 4.69) is 6.92 Å². The van der Waals surface area contributed by atoms with E-state index in [1.807, 2.05) is 0 Å². The first kappa shape index (κ1) is 36.4. The van der Waals surface area contributed by atoms with Gasteiger partial charge < -0.3 is 19.8 Å². The van der Waals surface area contributed by atoms with E-state index in [1.165, 1.54) is 109 Å². The summed E-state index contributed by atoms with van der Waals surface area (Å²) in [5.74, 6) is -3.79. The first-order valence-electron chi connectivity index (χ1n) is 12.6. The minimum atomic E-state index is -1.36. The van der Waals surface area contributed by atoms with Gasteiger partial charge in [-0.05, 0) is 19.3 Å². The summed E-state index contributed by atoms with van der Waals surface area (Å²) in [7, 11) is 0. The molecule has 176 valence electrons. The van der Waals surface area contributed by atoms with Gasteiger partial charge in [-0.25, -0.2) is 0 Å². The van der Waals surface area contributed by atoms with Crippen LogP contribution >= 0.6 is 0 Å². The van der Waals surface area contributed by atoms with Gasteiger partial charge in [0.25, 0.3) is 0 Å². The number of allylic oxidation sites excluding steroid dienone is 1. The minimum absolute atomic E-state index is 0. The number of carboxylic acid groups (broad SMARTS) is 2. The van der Waals surface area contributed by atoms with E-state index < -0.39 is 24.3 Å². The molecule has 6 heteroatoms. The Morgan fingerprint density at radius 1 is 0.625 bits per heavy atom. The molecule has 4 nitrogen and oxygen atoms in total. The number of hydrogen-bond donors (Lipinski definition) is 0. The Balaban J connectivity index is -0.00000420. The van der Waals surface area contributed by atoms with Gasteiger partial charge in [0.1, 0.15) is 0 Å². The summed E-state index contributed by atoms with van der Waals surface area (Å²) in [6.45, 7) is 2.27. The van der Waals surface area contributed by atoms with Crippen molar-refractivity contribution in [2.45, 2.75) is 135 Å². The molecule has 0 aromatic heterocycles. The van der Waals surface area contributed by atoms with Gasteiger partial charge in [-0.15, -0.1) is 0 Å². The van der Waals surface area contributed by atoms with E-state index in [1.54, 1.807) is 6.08 Å². The second-order valence-electron chi connectivity index (χ2n) is 8.73. The third kappa shape index (κ3) is 27.9. The summed E-state index contributed by atoms with van der Waals surface area (Å²) < 4.78 is 0. The predicted octanol–water partition coefficient (Wildman–Crippen LogP) is -0.511. The maximum absolute atomic E-state index is 10.8. The van der Waals surface area contributed by atoms with Crippen LogP contribution in [-0.2, 0) is 9.59 Å². The second-order valence-corrected chi connectivity index (χ2v) is 8.73. The normalized spacial score (nSPS) is 11.7. The van der Waals surface area contributed by atoms with Gasteiger partial charge in [0.15, 0.2) is 0 Å². The summed E-state index contributed by atoms with van der Waals surface area (Å²) in [4.78, 5) is 21.3. The third-order valence-electron chi connectivity index (χ3n) is 5.78. The largest absolute Gasteiger partial charge is 1.00 e. The smallest absolute Gasteiger partial charge is 0.550 e. The number of carboxylic acids is 2. The van der Waals surface area contributed by atoms with Crippen LogP contribution in [0.5, 0.6) is 0 Å². The Hall–Kier alpha value is -0.125. The Kier molecular flexibility index (Phi) is 32.9. The Morgan fingerprint density at radius 3 is 1.28 bits per heavy atom. The van der Waals surface area contributed by atoms with Crippen LogP contribution in [0.3, 0.4) is 0 Å². The monoisotopic (exact) mass is 436 g/mol. The second kappa shape index (κ2) is 28.9. The summed E-state index contributed by atoms with van der Waals surface area (Å²) >= 11 is 0. The van der Waals surface area contributed by atoms with E-state index in [-0.39, 0.29) is 37.7 Å². The molecule has 0 spiro atoms. The summed E-state index contributed by atoms with van der Waals surface area (Å²) in [5, 5.41) is 21.3. The molecule has 1 atom stereocenters. The summed E-state index contributed by atoms with van der Waals surface area (Å²) in [6.07, 6.45) is 27.6. The van der Waals surface area contributed by atoms with Crippen LogP contribution in [0.25, 0.3) is 0 Å². The van der Waals surface area contributed by atoms with Crippen molar-refractivity contribution >= 4 is 11.9 Å². The van der Waals surface area contributed by atoms with Crippen LogP contribution in [0.4, 0.5) is 0 Å². The van der Waals surface area contributed by atoms with Crippen molar-refractivity contribution in [3.63, 3.8) is 0 Å². The molecule has 0 aliphatic heterocycles. The fourth-order valence-corrected chi connectivity index (χ4v) is 3.83. The molecule has 0 aliphatic rings. The van der Waals surface area contributed by atoms with Gasteiger partial charge in [-0.1, -0.05) is 128 Å². The van der Waals surface area contributed by atoms with Gasteiger partial charge in [0.2, 0.25) is 0 Å². The van der Waals surface area contributed by atoms with Gasteiger partial charge in [0.05, 0.1) is 0 Å². The first-order chi connectivity index (χ1) is 14.6. The Labute approximate surface area is 222 Å². The maximum Gasteiger partial charge on any atom is 1.00 e. The zero-order valence-electron chi connectivity index (χ0n) is 21.5. The van der Waals surface area contributed by atoms with E-state index in [0.29, 0.717) is 0 Å². The van der Waals surface area contributed by atoms with Crippen molar-refractivity contribution in [1.82, 2.24) is 0 Å². The van der Waals surface area contributed by atoms with Crippen LogP contribution in [0.2, 0.25) is 0 Å². The van der Waals surface area contributed by atoms with Gasteiger partial charge in [0, 0.05) is 17.9 Å². The molecule has 0 heterocycles. The van der Waals surface area contributed by atoms with E-state index in [4.69, 9.17) is 0 Å². The maximum atomic E-state index is 10.8. The number of aliphatic carboxylic acids is 2. The molecule has 0 bridgehead atoms. The molecule has 0 fully saturated rings. The SMILES string of the molecule is CCCCCCCCCCCCCCCCCCCCC=CC(CC(=O)[O-])C(=O)[O-].[Li+].[Li+]. The van der Waals surface area contributed by atoms with Crippen LogP contribution in [-0.4, -0.2) is 11.9 Å². The number of unbranched alkanes of at least 4 members (excludes halogenated alkanes) is 18. The molecule has 0 aromatic carbocycles. The minimum Gasteiger partial charge on any atom is -0.550 e. The topological polar surface area (TPSA) is 80.3 Å². The molecular weight excluding hydrogens is 390 g/mol. The number of carbonyl (C=O) groups excluding carboxylic acids is 2.